The number of hydrogen-bond acceptors (Lipinski definition) is 3. The van der Waals surface area contributed by atoms with Crippen LogP contribution in [0.25, 0.3) is 0 Å². The van der Waals surface area contributed by atoms with Crippen LogP contribution < -0.4 is 10.6 Å². The van der Waals surface area contributed by atoms with Gasteiger partial charge in [-0.1, -0.05) is 13.3 Å². The topological polar surface area (TPSA) is 64.6 Å². The fraction of sp³-hybridized carbons (Fsp3) is 0.923. The molecule has 1 heterocycles. The fourth-order valence-corrected chi connectivity index (χ4v) is 2.47. The minimum atomic E-state index is -0.131. The minimum Gasteiger partial charge on any atom is -0.396 e. The number of aliphatic hydroxyl groups excluding tert-OH is 1. The van der Waals surface area contributed by atoms with Crippen molar-refractivity contribution in [3.8, 4) is 0 Å². The summed E-state index contributed by atoms with van der Waals surface area (Å²) in [6.45, 7) is 5.67. The van der Waals surface area contributed by atoms with Crippen molar-refractivity contribution < 1.29 is 9.90 Å². The van der Waals surface area contributed by atoms with Gasteiger partial charge >= 0.3 is 6.03 Å². The van der Waals surface area contributed by atoms with Crippen LogP contribution in [0.5, 0.6) is 0 Å². The first kappa shape index (κ1) is 15.2. The van der Waals surface area contributed by atoms with Crippen molar-refractivity contribution in [2.24, 2.45) is 0 Å². The molecule has 1 rings (SSSR count). The van der Waals surface area contributed by atoms with Crippen molar-refractivity contribution in [3.63, 3.8) is 0 Å². The number of hydrogen-bond donors (Lipinski definition) is 3. The Morgan fingerprint density at radius 1 is 1.33 bits per heavy atom. The largest absolute Gasteiger partial charge is 0.396 e. The molecule has 0 radical (unpaired) electrons. The van der Waals surface area contributed by atoms with Gasteiger partial charge < -0.3 is 15.7 Å². The molecule has 0 aromatic carbocycles. The lowest BCUT2D eigenvalue weighted by Gasteiger charge is -2.35. The Morgan fingerprint density at radius 3 is 2.83 bits per heavy atom. The van der Waals surface area contributed by atoms with Gasteiger partial charge in [-0.25, -0.2) is 4.79 Å². The first-order valence-corrected chi connectivity index (χ1v) is 7.14. The predicted octanol–water partition coefficient (Wildman–Crippen LogP) is 0.932. The van der Waals surface area contributed by atoms with E-state index >= 15 is 0 Å². The zero-order valence-corrected chi connectivity index (χ0v) is 11.5. The zero-order valence-electron chi connectivity index (χ0n) is 11.5. The molecule has 18 heavy (non-hydrogen) atoms. The molecule has 2 amide bonds. The highest BCUT2D eigenvalue weighted by molar-refractivity contribution is 5.73. The Kier molecular flexibility index (Phi) is 7.76. The molecule has 5 heteroatoms. The molecule has 1 aliphatic heterocycles. The first-order valence-electron chi connectivity index (χ1n) is 7.14. The van der Waals surface area contributed by atoms with Gasteiger partial charge in [0.05, 0.1) is 0 Å². The maximum Gasteiger partial charge on any atom is 0.314 e. The van der Waals surface area contributed by atoms with E-state index in [4.69, 9.17) is 5.11 Å². The van der Waals surface area contributed by atoms with Crippen LogP contribution >= 0.6 is 0 Å². The van der Waals surface area contributed by atoms with Crippen LogP contribution in [0.4, 0.5) is 4.79 Å². The van der Waals surface area contributed by atoms with Gasteiger partial charge in [-0.2, -0.15) is 0 Å². The lowest BCUT2D eigenvalue weighted by atomic mass is 10.0. The third kappa shape index (κ3) is 5.69. The van der Waals surface area contributed by atoms with Gasteiger partial charge in [0.1, 0.15) is 0 Å². The molecule has 1 fully saturated rings. The quantitative estimate of drug-likeness (QED) is 0.595. The van der Waals surface area contributed by atoms with Crippen molar-refractivity contribution in [1.82, 2.24) is 15.5 Å². The van der Waals surface area contributed by atoms with E-state index in [0.717, 1.165) is 13.1 Å². The summed E-state index contributed by atoms with van der Waals surface area (Å²) in [6, 6.07) is 0.562. The smallest absolute Gasteiger partial charge is 0.314 e. The second-order valence-electron chi connectivity index (χ2n) is 4.85. The highest BCUT2D eigenvalue weighted by atomic mass is 16.3. The van der Waals surface area contributed by atoms with Gasteiger partial charge in [-0.05, 0) is 32.2 Å². The van der Waals surface area contributed by atoms with Crippen LogP contribution in [-0.4, -0.2) is 54.9 Å². The van der Waals surface area contributed by atoms with Gasteiger partial charge in [0, 0.05) is 32.3 Å². The molecule has 1 aliphatic rings. The molecule has 106 valence electrons. The lowest BCUT2D eigenvalue weighted by molar-refractivity contribution is 0.145. The van der Waals surface area contributed by atoms with Crippen molar-refractivity contribution in [2.45, 2.75) is 45.1 Å². The van der Waals surface area contributed by atoms with E-state index < -0.39 is 0 Å². The van der Waals surface area contributed by atoms with Gasteiger partial charge in [-0.15, -0.1) is 0 Å². The summed E-state index contributed by atoms with van der Waals surface area (Å²) >= 11 is 0. The summed E-state index contributed by atoms with van der Waals surface area (Å²) in [5, 5.41) is 14.2. The summed E-state index contributed by atoms with van der Waals surface area (Å²) in [6.07, 6.45) is 5.71. The third-order valence-corrected chi connectivity index (χ3v) is 3.53. The molecule has 0 aliphatic carbocycles. The van der Waals surface area contributed by atoms with Gasteiger partial charge in [0.2, 0.25) is 0 Å². The number of carbonyl (C=O) groups is 1. The number of nitrogens with zero attached hydrogens (tertiary/aromatic N) is 1. The van der Waals surface area contributed by atoms with Crippen LogP contribution in [0.3, 0.4) is 0 Å². The lowest BCUT2D eigenvalue weighted by Crippen LogP contribution is -2.45. The second kappa shape index (κ2) is 9.16. The molecular formula is C13H27N3O2. The van der Waals surface area contributed by atoms with Crippen molar-refractivity contribution in [2.75, 3.05) is 32.8 Å². The Balaban J connectivity index is 2.10. The number of aliphatic hydroxyl groups is 1. The highest BCUT2D eigenvalue weighted by Gasteiger charge is 2.19. The SMILES string of the molecule is CCC1CCCCN1CCNC(=O)NCCCO. The van der Waals surface area contributed by atoms with Crippen LogP contribution in [0, 0.1) is 0 Å². The molecule has 0 saturated carbocycles. The Hall–Kier alpha value is -0.810. The van der Waals surface area contributed by atoms with E-state index in [-0.39, 0.29) is 12.6 Å². The fourth-order valence-electron chi connectivity index (χ4n) is 2.47. The summed E-state index contributed by atoms with van der Waals surface area (Å²) in [5.41, 5.74) is 0. The van der Waals surface area contributed by atoms with Gasteiger partial charge in [0.25, 0.3) is 0 Å². The first-order chi connectivity index (χ1) is 8.77. The van der Waals surface area contributed by atoms with E-state index in [1.807, 2.05) is 0 Å². The zero-order chi connectivity index (χ0) is 13.2. The van der Waals surface area contributed by atoms with Crippen LogP contribution in [-0.2, 0) is 0 Å². The van der Waals surface area contributed by atoms with E-state index in [9.17, 15) is 4.79 Å². The van der Waals surface area contributed by atoms with Crippen molar-refractivity contribution in [3.05, 3.63) is 0 Å². The predicted molar refractivity (Wildman–Crippen MR) is 72.6 cm³/mol. The number of nitrogens with one attached hydrogen (secondary N) is 2. The molecular weight excluding hydrogens is 230 g/mol. The maximum atomic E-state index is 11.4. The minimum absolute atomic E-state index is 0.117. The van der Waals surface area contributed by atoms with Crippen LogP contribution in [0.2, 0.25) is 0 Å². The van der Waals surface area contributed by atoms with E-state index in [1.165, 1.54) is 25.7 Å². The highest BCUT2D eigenvalue weighted by Crippen LogP contribution is 2.18. The number of likely N-dealkylation sites (tertiary alicyclic amines) is 1. The van der Waals surface area contributed by atoms with Crippen LogP contribution in [0.15, 0.2) is 0 Å². The summed E-state index contributed by atoms with van der Waals surface area (Å²) in [7, 11) is 0. The molecule has 1 unspecified atom stereocenters. The number of rotatable bonds is 7. The second-order valence-corrected chi connectivity index (χ2v) is 4.85. The number of amides is 2. The maximum absolute atomic E-state index is 11.4. The number of carbonyl (C=O) groups excluding carboxylic acids is 1. The number of piperidine rings is 1. The van der Waals surface area contributed by atoms with E-state index in [2.05, 4.69) is 22.5 Å². The standard InChI is InChI=1S/C13H27N3O2/c1-2-12-6-3-4-9-16(12)10-8-15-13(18)14-7-5-11-17/h12,17H,2-11H2,1H3,(H2,14,15,18). The third-order valence-electron chi connectivity index (χ3n) is 3.53. The molecule has 5 nitrogen and oxygen atoms in total. The summed E-state index contributed by atoms with van der Waals surface area (Å²) in [5.74, 6) is 0. The Bertz CT molecular complexity index is 236. The van der Waals surface area contributed by atoms with Crippen molar-refractivity contribution >= 4 is 6.03 Å². The summed E-state index contributed by atoms with van der Waals surface area (Å²) < 4.78 is 0. The van der Waals surface area contributed by atoms with Gasteiger partial charge in [0.15, 0.2) is 0 Å². The normalized spacial score (nSPS) is 20.7. The molecule has 3 N–H and O–H groups in total. The Labute approximate surface area is 110 Å². The monoisotopic (exact) mass is 257 g/mol. The molecule has 0 aromatic rings. The summed E-state index contributed by atoms with van der Waals surface area (Å²) in [4.78, 5) is 13.9. The Morgan fingerprint density at radius 2 is 2.11 bits per heavy atom. The average molecular weight is 257 g/mol. The van der Waals surface area contributed by atoms with Gasteiger partial charge in [-0.3, -0.25) is 4.90 Å². The number of urea groups is 1. The van der Waals surface area contributed by atoms with Crippen LogP contribution in [0.1, 0.15) is 39.0 Å². The molecule has 1 atom stereocenters. The average Bonchev–Trinajstić information content (AvgIpc) is 2.39. The molecule has 0 aromatic heterocycles. The van der Waals surface area contributed by atoms with E-state index in [0.29, 0.717) is 25.6 Å². The molecule has 1 saturated heterocycles. The van der Waals surface area contributed by atoms with Crippen molar-refractivity contribution in [1.29, 1.82) is 0 Å². The van der Waals surface area contributed by atoms with E-state index in [1.54, 1.807) is 0 Å². The molecule has 0 spiro atoms. The molecule has 0 bridgehead atoms.